The zero-order valence-corrected chi connectivity index (χ0v) is 7.53. The van der Waals surface area contributed by atoms with Crippen molar-refractivity contribution in [2.45, 2.75) is 13.5 Å². The minimum absolute atomic E-state index is 0.149. The minimum Gasteiger partial charge on any atom is -0.364 e. The molecule has 0 unspecified atom stereocenters. The fraction of sp³-hybridized carbons (Fsp3) is 0.556. The Bertz CT molecular complexity index is 319. The zero-order chi connectivity index (χ0) is 9.31. The van der Waals surface area contributed by atoms with Crippen LogP contribution in [0, 0.1) is 16.7 Å². The molecule has 0 amide bonds. The third-order valence-corrected chi connectivity index (χ3v) is 2.29. The van der Waals surface area contributed by atoms with Gasteiger partial charge in [0.2, 0.25) is 0 Å². The molecular weight excluding hydrogens is 166 g/mol. The van der Waals surface area contributed by atoms with Gasteiger partial charge in [-0.15, -0.1) is 0 Å². The smallest absolute Gasteiger partial charge is 0.124 e. The summed E-state index contributed by atoms with van der Waals surface area (Å²) in [4.78, 5) is 2.18. The molecule has 4 heteroatoms. The van der Waals surface area contributed by atoms with Crippen LogP contribution in [0.2, 0.25) is 0 Å². The Hall–Kier alpha value is -1.34. The van der Waals surface area contributed by atoms with Gasteiger partial charge in [-0.25, -0.2) is 0 Å². The van der Waals surface area contributed by atoms with E-state index in [-0.39, 0.29) is 5.41 Å². The van der Waals surface area contributed by atoms with Gasteiger partial charge in [-0.1, -0.05) is 5.16 Å². The normalized spacial score (nSPS) is 20.6. The third-order valence-electron chi connectivity index (χ3n) is 2.29. The lowest BCUT2D eigenvalue weighted by atomic mass is 9.84. The number of aromatic nitrogens is 1. The second-order valence-corrected chi connectivity index (χ2v) is 3.81. The van der Waals surface area contributed by atoms with Gasteiger partial charge in [-0.3, -0.25) is 4.90 Å². The first-order valence-electron chi connectivity index (χ1n) is 4.25. The molecule has 1 aromatic rings. The number of nitrogens with zero attached hydrogens (tertiary/aromatic N) is 3. The van der Waals surface area contributed by atoms with E-state index in [1.54, 1.807) is 6.26 Å². The van der Waals surface area contributed by atoms with Gasteiger partial charge in [-0.05, 0) is 6.92 Å². The highest BCUT2D eigenvalue weighted by molar-refractivity contribution is 5.08. The lowest BCUT2D eigenvalue weighted by molar-refractivity contribution is 0.0509. The topological polar surface area (TPSA) is 53.1 Å². The molecule has 4 nitrogen and oxygen atoms in total. The molecular formula is C9H11N3O. The highest BCUT2D eigenvalue weighted by Gasteiger charge is 2.38. The van der Waals surface area contributed by atoms with Crippen molar-refractivity contribution < 1.29 is 4.52 Å². The van der Waals surface area contributed by atoms with Crippen molar-refractivity contribution in [2.24, 2.45) is 5.41 Å². The van der Waals surface area contributed by atoms with E-state index in [0.717, 1.165) is 25.3 Å². The number of hydrogen-bond donors (Lipinski definition) is 0. The van der Waals surface area contributed by atoms with Gasteiger partial charge in [0.15, 0.2) is 0 Å². The monoisotopic (exact) mass is 177 g/mol. The van der Waals surface area contributed by atoms with Gasteiger partial charge in [0.25, 0.3) is 0 Å². The van der Waals surface area contributed by atoms with Crippen LogP contribution >= 0.6 is 0 Å². The summed E-state index contributed by atoms with van der Waals surface area (Å²) >= 11 is 0. The van der Waals surface area contributed by atoms with E-state index in [4.69, 9.17) is 9.78 Å². The van der Waals surface area contributed by atoms with Crippen LogP contribution in [-0.2, 0) is 6.54 Å². The lowest BCUT2D eigenvalue weighted by Crippen LogP contribution is -2.53. The lowest BCUT2D eigenvalue weighted by Gasteiger charge is -2.42. The molecule has 1 fully saturated rings. The van der Waals surface area contributed by atoms with Crippen LogP contribution in [0.5, 0.6) is 0 Å². The fourth-order valence-electron chi connectivity index (χ4n) is 1.67. The Kier molecular flexibility index (Phi) is 1.82. The molecule has 0 bridgehead atoms. The molecule has 0 saturated carbocycles. The van der Waals surface area contributed by atoms with Crippen molar-refractivity contribution in [3.63, 3.8) is 0 Å². The van der Waals surface area contributed by atoms with Gasteiger partial charge < -0.3 is 4.52 Å². The van der Waals surface area contributed by atoms with Crippen molar-refractivity contribution in [1.82, 2.24) is 10.1 Å². The molecule has 0 spiro atoms. The second kappa shape index (κ2) is 2.86. The second-order valence-electron chi connectivity index (χ2n) is 3.81. The number of rotatable bonds is 2. The standard InChI is InChI=1S/C9H11N3O/c1-9(5-10)6-12(7-9)4-8-2-3-13-11-8/h2-3H,4,6-7H2,1H3. The summed E-state index contributed by atoms with van der Waals surface area (Å²) in [6.45, 7) is 4.42. The highest BCUT2D eigenvalue weighted by Crippen LogP contribution is 2.29. The van der Waals surface area contributed by atoms with Gasteiger partial charge in [0, 0.05) is 25.7 Å². The van der Waals surface area contributed by atoms with Gasteiger partial charge in [0.1, 0.15) is 6.26 Å². The zero-order valence-electron chi connectivity index (χ0n) is 7.53. The summed E-state index contributed by atoms with van der Waals surface area (Å²) < 4.78 is 4.72. The fourth-order valence-corrected chi connectivity index (χ4v) is 1.67. The summed E-state index contributed by atoms with van der Waals surface area (Å²) in [5.41, 5.74) is 0.781. The number of hydrogen-bond acceptors (Lipinski definition) is 4. The molecule has 0 radical (unpaired) electrons. The Morgan fingerprint density at radius 1 is 1.77 bits per heavy atom. The summed E-state index contributed by atoms with van der Waals surface area (Å²) in [7, 11) is 0. The Morgan fingerprint density at radius 2 is 2.54 bits per heavy atom. The van der Waals surface area contributed by atoms with Crippen LogP contribution < -0.4 is 0 Å². The van der Waals surface area contributed by atoms with E-state index >= 15 is 0 Å². The maximum atomic E-state index is 8.78. The summed E-state index contributed by atoms with van der Waals surface area (Å²) in [5.74, 6) is 0. The molecule has 1 aliphatic rings. The van der Waals surface area contributed by atoms with E-state index in [0.29, 0.717) is 0 Å². The van der Waals surface area contributed by atoms with E-state index < -0.39 is 0 Å². The quantitative estimate of drug-likeness (QED) is 0.676. The number of likely N-dealkylation sites (tertiary alicyclic amines) is 1. The van der Waals surface area contributed by atoms with Crippen molar-refractivity contribution in [3.05, 3.63) is 18.0 Å². The molecule has 0 N–H and O–H groups in total. The van der Waals surface area contributed by atoms with Gasteiger partial charge in [-0.2, -0.15) is 5.26 Å². The third kappa shape index (κ3) is 1.56. The van der Waals surface area contributed by atoms with Crippen molar-refractivity contribution >= 4 is 0 Å². The van der Waals surface area contributed by atoms with Gasteiger partial charge >= 0.3 is 0 Å². The van der Waals surface area contributed by atoms with E-state index in [9.17, 15) is 0 Å². The summed E-state index contributed by atoms with van der Waals surface area (Å²) in [6, 6.07) is 4.15. The molecule has 13 heavy (non-hydrogen) atoms. The molecule has 1 aliphatic heterocycles. The van der Waals surface area contributed by atoms with Crippen LogP contribution in [0.25, 0.3) is 0 Å². The van der Waals surface area contributed by atoms with Gasteiger partial charge in [0.05, 0.1) is 17.2 Å². The van der Waals surface area contributed by atoms with Crippen molar-refractivity contribution in [3.8, 4) is 6.07 Å². The molecule has 1 saturated heterocycles. The molecule has 0 atom stereocenters. The van der Waals surface area contributed by atoms with Crippen molar-refractivity contribution in [2.75, 3.05) is 13.1 Å². The van der Waals surface area contributed by atoms with Crippen molar-refractivity contribution in [1.29, 1.82) is 5.26 Å². The average molecular weight is 177 g/mol. The molecule has 1 aromatic heterocycles. The molecule has 68 valence electrons. The molecule has 2 rings (SSSR count). The predicted octanol–water partition coefficient (Wildman–Crippen LogP) is 1.02. The first kappa shape index (κ1) is 8.27. The Morgan fingerprint density at radius 3 is 3.08 bits per heavy atom. The van der Waals surface area contributed by atoms with Crippen LogP contribution in [0.1, 0.15) is 12.6 Å². The Balaban J connectivity index is 1.86. The first-order chi connectivity index (χ1) is 6.22. The van der Waals surface area contributed by atoms with E-state index in [1.165, 1.54) is 0 Å². The van der Waals surface area contributed by atoms with E-state index in [1.807, 2.05) is 13.0 Å². The van der Waals surface area contributed by atoms with Crippen LogP contribution in [-0.4, -0.2) is 23.1 Å². The SMILES string of the molecule is CC1(C#N)CN(Cc2ccon2)C1. The predicted molar refractivity (Wildman–Crippen MR) is 45.5 cm³/mol. The highest BCUT2D eigenvalue weighted by atomic mass is 16.5. The minimum atomic E-state index is -0.149. The maximum absolute atomic E-state index is 8.78. The van der Waals surface area contributed by atoms with Crippen LogP contribution in [0.4, 0.5) is 0 Å². The first-order valence-corrected chi connectivity index (χ1v) is 4.25. The van der Waals surface area contributed by atoms with E-state index in [2.05, 4.69) is 16.1 Å². The van der Waals surface area contributed by atoms with Crippen LogP contribution in [0.3, 0.4) is 0 Å². The molecule has 0 aliphatic carbocycles. The summed E-state index contributed by atoms with van der Waals surface area (Å²) in [5, 5.41) is 12.6. The number of nitriles is 1. The molecule has 2 heterocycles. The van der Waals surface area contributed by atoms with Crippen LogP contribution in [0.15, 0.2) is 16.9 Å². The average Bonchev–Trinajstić information content (AvgIpc) is 2.54. The Labute approximate surface area is 76.7 Å². The largest absolute Gasteiger partial charge is 0.364 e. The maximum Gasteiger partial charge on any atom is 0.124 e. The summed E-state index contributed by atoms with van der Waals surface area (Å²) in [6.07, 6.45) is 1.57. The molecule has 0 aromatic carbocycles.